The van der Waals surface area contributed by atoms with Crippen LogP contribution in [0.3, 0.4) is 0 Å². The van der Waals surface area contributed by atoms with E-state index in [0.717, 1.165) is 5.56 Å². The largest absolute Gasteiger partial charge is 0.508 e. The van der Waals surface area contributed by atoms with Gasteiger partial charge in [-0.2, -0.15) is 5.26 Å². The molecule has 1 aromatic rings. The van der Waals surface area contributed by atoms with Crippen LogP contribution >= 0.6 is 0 Å². The minimum atomic E-state index is -1.03. The van der Waals surface area contributed by atoms with Gasteiger partial charge in [0.15, 0.2) is 0 Å². The fourth-order valence-electron chi connectivity index (χ4n) is 3.56. The molecule has 1 atom stereocenters. The molecule has 2 N–H and O–H groups in total. The Labute approximate surface area is 151 Å². The summed E-state index contributed by atoms with van der Waals surface area (Å²) in [6.07, 6.45) is 3.44. The maximum absolute atomic E-state index is 12.4. The minimum absolute atomic E-state index is 0.0432. The first-order chi connectivity index (χ1) is 12.4. The Kier molecular flexibility index (Phi) is 4.39. The highest BCUT2D eigenvalue weighted by molar-refractivity contribution is 6.08. The van der Waals surface area contributed by atoms with Crippen LogP contribution in [0.5, 0.6) is 0 Å². The van der Waals surface area contributed by atoms with Crippen molar-refractivity contribution in [2.75, 3.05) is 13.7 Å². The van der Waals surface area contributed by atoms with Crippen LogP contribution in [0, 0.1) is 16.7 Å². The highest BCUT2D eigenvalue weighted by atomic mass is 16.5. The number of hydrogen-bond acceptors (Lipinski definition) is 5. The Hall–Kier alpha value is -3.33. The number of carbonyl (C=O) groups excluding carboxylic acids is 1. The van der Waals surface area contributed by atoms with Crippen molar-refractivity contribution in [1.29, 1.82) is 10.7 Å². The number of aliphatic hydroxyl groups is 1. The molecule has 1 aromatic carbocycles. The molecule has 0 spiro atoms. The van der Waals surface area contributed by atoms with E-state index in [1.807, 2.05) is 36.4 Å². The Morgan fingerprint density at radius 1 is 1.35 bits per heavy atom. The van der Waals surface area contributed by atoms with Crippen LogP contribution in [0.15, 0.2) is 65.0 Å². The number of ether oxygens (including phenoxy) is 1. The number of carbonyl (C=O) groups is 1. The van der Waals surface area contributed by atoms with Crippen LogP contribution in [0.1, 0.15) is 12.5 Å². The zero-order valence-electron chi connectivity index (χ0n) is 14.6. The van der Waals surface area contributed by atoms with Gasteiger partial charge < -0.3 is 14.7 Å². The number of amidine groups is 1. The summed E-state index contributed by atoms with van der Waals surface area (Å²) in [6.45, 7) is 2.22. The normalized spacial score (nSPS) is 21.7. The van der Waals surface area contributed by atoms with Crippen molar-refractivity contribution in [3.05, 3.63) is 70.5 Å². The van der Waals surface area contributed by atoms with E-state index in [-0.39, 0.29) is 22.7 Å². The van der Waals surface area contributed by atoms with Gasteiger partial charge in [-0.15, -0.1) is 0 Å². The monoisotopic (exact) mass is 349 g/mol. The lowest BCUT2D eigenvalue weighted by molar-refractivity contribution is -0.137. The Bertz CT molecular complexity index is 906. The van der Waals surface area contributed by atoms with Crippen molar-refractivity contribution in [3.8, 4) is 6.07 Å². The molecule has 0 fully saturated rings. The summed E-state index contributed by atoms with van der Waals surface area (Å²) in [5, 5.41) is 28.0. The lowest BCUT2D eigenvalue weighted by Gasteiger charge is -2.40. The van der Waals surface area contributed by atoms with Crippen LogP contribution < -0.4 is 0 Å². The van der Waals surface area contributed by atoms with Gasteiger partial charge in [-0.05, 0) is 31.1 Å². The molecule has 0 bridgehead atoms. The highest BCUT2D eigenvalue weighted by Gasteiger charge is 2.52. The number of rotatable bonds is 4. The van der Waals surface area contributed by atoms with E-state index in [1.54, 1.807) is 11.8 Å². The number of aliphatic hydroxyl groups excluding tert-OH is 1. The number of fused-ring (bicyclic) bond motifs is 1. The Balaban J connectivity index is 2.04. The van der Waals surface area contributed by atoms with Crippen LogP contribution in [0.25, 0.3) is 0 Å². The minimum Gasteiger partial charge on any atom is -0.508 e. The number of nitrogens with one attached hydrogen (secondary N) is 1. The average molecular weight is 349 g/mol. The molecule has 3 rings (SSSR count). The van der Waals surface area contributed by atoms with Gasteiger partial charge in [0, 0.05) is 12.1 Å². The number of nitrogens with zero attached hydrogens (tertiary/aromatic N) is 2. The second kappa shape index (κ2) is 6.52. The third kappa shape index (κ3) is 2.58. The van der Waals surface area contributed by atoms with Crippen LogP contribution in [0.2, 0.25) is 0 Å². The van der Waals surface area contributed by atoms with E-state index < -0.39 is 11.5 Å². The van der Waals surface area contributed by atoms with Gasteiger partial charge in [-0.25, -0.2) is 4.79 Å². The lowest BCUT2D eigenvalue weighted by atomic mass is 9.79. The van der Waals surface area contributed by atoms with Gasteiger partial charge in [0.25, 0.3) is 0 Å². The van der Waals surface area contributed by atoms with Gasteiger partial charge in [-0.1, -0.05) is 30.3 Å². The quantitative estimate of drug-likeness (QED) is 0.815. The zero-order chi connectivity index (χ0) is 18.9. The molecule has 0 saturated heterocycles. The summed E-state index contributed by atoms with van der Waals surface area (Å²) in [5.74, 6) is -0.689. The van der Waals surface area contributed by atoms with E-state index in [4.69, 9.17) is 10.1 Å². The SMILES string of the molecule is COC(=O)C1=CC(O)=CC2=C(C#N)C(=N)N(CCc3ccccc3)C12C. The van der Waals surface area contributed by atoms with Gasteiger partial charge in [-0.3, -0.25) is 5.41 Å². The fourth-order valence-corrected chi connectivity index (χ4v) is 3.56. The molecule has 2 aliphatic rings. The predicted molar refractivity (Wildman–Crippen MR) is 96.4 cm³/mol. The molecule has 1 aliphatic heterocycles. The number of benzene rings is 1. The topological polar surface area (TPSA) is 97.4 Å². The van der Waals surface area contributed by atoms with Crippen molar-refractivity contribution in [2.24, 2.45) is 0 Å². The summed E-state index contributed by atoms with van der Waals surface area (Å²) in [6, 6.07) is 11.8. The summed E-state index contributed by atoms with van der Waals surface area (Å²) in [5.41, 5.74) is 0.864. The number of nitriles is 1. The Morgan fingerprint density at radius 3 is 2.65 bits per heavy atom. The molecule has 26 heavy (non-hydrogen) atoms. The lowest BCUT2D eigenvalue weighted by Crippen LogP contribution is -2.50. The van der Waals surface area contributed by atoms with E-state index in [0.29, 0.717) is 18.5 Å². The smallest absolute Gasteiger partial charge is 0.336 e. The van der Waals surface area contributed by atoms with Crippen molar-refractivity contribution in [3.63, 3.8) is 0 Å². The molecular formula is C20H19N3O3. The molecule has 0 amide bonds. The molecule has 0 saturated carbocycles. The average Bonchev–Trinajstić information content (AvgIpc) is 2.85. The molecule has 0 radical (unpaired) electrons. The maximum Gasteiger partial charge on any atom is 0.336 e. The van der Waals surface area contributed by atoms with Crippen LogP contribution in [-0.4, -0.2) is 41.0 Å². The zero-order valence-corrected chi connectivity index (χ0v) is 14.6. The second-order valence-electron chi connectivity index (χ2n) is 6.33. The van der Waals surface area contributed by atoms with E-state index in [2.05, 4.69) is 0 Å². The number of hydrogen-bond donors (Lipinski definition) is 2. The van der Waals surface area contributed by atoms with Crippen molar-refractivity contribution in [2.45, 2.75) is 18.9 Å². The van der Waals surface area contributed by atoms with Gasteiger partial charge in [0.2, 0.25) is 0 Å². The Morgan fingerprint density at radius 2 is 2.04 bits per heavy atom. The van der Waals surface area contributed by atoms with E-state index >= 15 is 0 Å². The number of esters is 1. The van der Waals surface area contributed by atoms with Gasteiger partial charge in [0.1, 0.15) is 17.7 Å². The first-order valence-electron chi connectivity index (χ1n) is 8.20. The molecule has 0 aromatic heterocycles. The highest BCUT2D eigenvalue weighted by Crippen LogP contribution is 2.45. The first-order valence-corrected chi connectivity index (χ1v) is 8.20. The molecule has 1 unspecified atom stereocenters. The third-order valence-electron chi connectivity index (χ3n) is 4.93. The first kappa shape index (κ1) is 17.5. The molecule has 6 heteroatoms. The number of allylic oxidation sites excluding steroid dienone is 1. The molecule has 6 nitrogen and oxygen atoms in total. The van der Waals surface area contributed by atoms with E-state index in [9.17, 15) is 15.2 Å². The summed E-state index contributed by atoms with van der Waals surface area (Å²) >= 11 is 0. The number of methoxy groups -OCH3 is 1. The maximum atomic E-state index is 12.4. The van der Waals surface area contributed by atoms with Gasteiger partial charge >= 0.3 is 5.97 Å². The molecule has 132 valence electrons. The van der Waals surface area contributed by atoms with Crippen molar-refractivity contribution in [1.82, 2.24) is 4.90 Å². The molecular weight excluding hydrogens is 330 g/mol. The summed E-state index contributed by atoms with van der Waals surface area (Å²) in [4.78, 5) is 14.1. The second-order valence-corrected chi connectivity index (χ2v) is 6.33. The summed E-state index contributed by atoms with van der Waals surface area (Å²) in [7, 11) is 1.27. The van der Waals surface area contributed by atoms with Crippen LogP contribution in [0.4, 0.5) is 0 Å². The van der Waals surface area contributed by atoms with E-state index in [1.165, 1.54) is 19.3 Å². The van der Waals surface area contributed by atoms with Crippen LogP contribution in [-0.2, 0) is 16.0 Å². The summed E-state index contributed by atoms with van der Waals surface area (Å²) < 4.78 is 4.88. The fraction of sp³-hybridized carbons (Fsp3) is 0.250. The molecule has 1 heterocycles. The van der Waals surface area contributed by atoms with Crippen molar-refractivity contribution >= 4 is 11.8 Å². The predicted octanol–water partition coefficient (Wildman–Crippen LogP) is 2.66. The van der Waals surface area contributed by atoms with Crippen molar-refractivity contribution < 1.29 is 14.6 Å². The van der Waals surface area contributed by atoms with Gasteiger partial charge in [0.05, 0.1) is 23.8 Å². The molecule has 1 aliphatic carbocycles. The third-order valence-corrected chi connectivity index (χ3v) is 4.93. The standard InChI is InChI=1S/C20H19N3O3/c1-20-16(10-14(24)11-17(20)19(25)26-2)15(12-21)18(22)23(20)9-8-13-6-4-3-5-7-13/h3-7,10-11,22,24H,8-9H2,1-2H3.